The Morgan fingerprint density at radius 3 is 2.54 bits per heavy atom. The molecule has 0 atom stereocenters. The topological polar surface area (TPSA) is 85.4 Å². The molecule has 7 nitrogen and oxygen atoms in total. The van der Waals surface area contributed by atoms with Gasteiger partial charge in [0.2, 0.25) is 6.79 Å². The van der Waals surface area contributed by atoms with Crippen LogP contribution in [-0.4, -0.2) is 22.9 Å². The summed E-state index contributed by atoms with van der Waals surface area (Å²) in [6, 6.07) is 16.3. The fourth-order valence-corrected chi connectivity index (χ4v) is 2.60. The first kappa shape index (κ1) is 15.9. The second-order valence-electron chi connectivity index (χ2n) is 5.77. The van der Waals surface area contributed by atoms with Crippen LogP contribution >= 0.6 is 0 Å². The number of amides is 1. The number of aromatic nitrogens is 2. The smallest absolute Gasteiger partial charge is 0.257 e. The molecule has 7 heteroatoms. The van der Waals surface area contributed by atoms with E-state index in [2.05, 4.69) is 20.8 Å². The zero-order valence-corrected chi connectivity index (χ0v) is 14.0. The van der Waals surface area contributed by atoms with Crippen LogP contribution in [0.15, 0.2) is 54.6 Å². The van der Waals surface area contributed by atoms with Crippen LogP contribution in [0.1, 0.15) is 15.9 Å². The summed E-state index contributed by atoms with van der Waals surface area (Å²) >= 11 is 0. The molecule has 0 fully saturated rings. The third kappa shape index (κ3) is 3.27. The van der Waals surface area contributed by atoms with Gasteiger partial charge in [-0.1, -0.05) is 18.2 Å². The van der Waals surface area contributed by atoms with Gasteiger partial charge in [-0.2, -0.15) is 0 Å². The molecule has 3 aromatic rings. The molecule has 0 radical (unpaired) electrons. The van der Waals surface area contributed by atoms with E-state index in [-0.39, 0.29) is 12.7 Å². The van der Waals surface area contributed by atoms with E-state index in [1.165, 1.54) is 0 Å². The molecule has 130 valence electrons. The lowest BCUT2D eigenvalue weighted by Crippen LogP contribution is -2.14. The molecular weight excluding hydrogens is 332 g/mol. The van der Waals surface area contributed by atoms with Crippen LogP contribution in [0.25, 0.3) is 0 Å². The van der Waals surface area contributed by atoms with E-state index in [4.69, 9.17) is 9.47 Å². The standard InChI is InChI=1S/C19H16N4O3/c1-12-4-2-3-5-14(12)19(24)21-18-9-8-17(22-23-18)20-13-6-7-15-16(10-13)26-11-25-15/h2-10H,11H2,1H3,(H,20,22)(H,21,23,24). The van der Waals surface area contributed by atoms with Crippen LogP contribution in [0, 0.1) is 6.92 Å². The molecule has 1 amide bonds. The molecular formula is C19H16N4O3. The van der Waals surface area contributed by atoms with Crippen molar-refractivity contribution in [1.82, 2.24) is 10.2 Å². The summed E-state index contributed by atoms with van der Waals surface area (Å²) in [6.45, 7) is 2.12. The Morgan fingerprint density at radius 1 is 0.962 bits per heavy atom. The molecule has 0 bridgehead atoms. The van der Waals surface area contributed by atoms with E-state index < -0.39 is 0 Å². The van der Waals surface area contributed by atoms with Crippen LogP contribution in [0.4, 0.5) is 17.3 Å². The Morgan fingerprint density at radius 2 is 1.73 bits per heavy atom. The highest BCUT2D eigenvalue weighted by Gasteiger charge is 2.13. The first-order valence-corrected chi connectivity index (χ1v) is 8.06. The fraction of sp³-hybridized carbons (Fsp3) is 0.105. The summed E-state index contributed by atoms with van der Waals surface area (Å²) < 4.78 is 10.6. The summed E-state index contributed by atoms with van der Waals surface area (Å²) in [5.41, 5.74) is 2.32. The van der Waals surface area contributed by atoms with Gasteiger partial charge in [-0.15, -0.1) is 10.2 Å². The lowest BCUT2D eigenvalue weighted by molar-refractivity contribution is 0.102. The van der Waals surface area contributed by atoms with Crippen molar-refractivity contribution < 1.29 is 14.3 Å². The summed E-state index contributed by atoms with van der Waals surface area (Å²) in [6.07, 6.45) is 0. The van der Waals surface area contributed by atoms with Crippen molar-refractivity contribution in [3.8, 4) is 11.5 Å². The van der Waals surface area contributed by atoms with Crippen LogP contribution in [-0.2, 0) is 0 Å². The van der Waals surface area contributed by atoms with Crippen LogP contribution in [0.2, 0.25) is 0 Å². The van der Waals surface area contributed by atoms with Gasteiger partial charge >= 0.3 is 0 Å². The number of fused-ring (bicyclic) bond motifs is 1. The highest BCUT2D eigenvalue weighted by Crippen LogP contribution is 2.34. The van der Waals surface area contributed by atoms with Crippen LogP contribution in [0.5, 0.6) is 11.5 Å². The Labute approximate surface area is 150 Å². The number of carbonyl (C=O) groups is 1. The average molecular weight is 348 g/mol. The molecule has 0 unspecified atom stereocenters. The van der Waals surface area contributed by atoms with E-state index in [1.54, 1.807) is 18.2 Å². The maximum atomic E-state index is 12.3. The third-order valence-corrected chi connectivity index (χ3v) is 3.94. The molecule has 0 spiro atoms. The monoisotopic (exact) mass is 348 g/mol. The molecule has 0 saturated heterocycles. The molecule has 1 aromatic heterocycles. The van der Waals surface area contributed by atoms with Crippen LogP contribution < -0.4 is 20.1 Å². The Hall–Kier alpha value is -3.61. The quantitative estimate of drug-likeness (QED) is 0.750. The predicted molar refractivity (Wildman–Crippen MR) is 97.0 cm³/mol. The minimum absolute atomic E-state index is 0.214. The van der Waals surface area contributed by atoms with Gasteiger partial charge in [0.15, 0.2) is 23.1 Å². The zero-order valence-electron chi connectivity index (χ0n) is 14.0. The molecule has 1 aliphatic heterocycles. The number of hydrogen-bond donors (Lipinski definition) is 2. The van der Waals surface area contributed by atoms with Crippen molar-refractivity contribution >= 4 is 23.2 Å². The number of benzene rings is 2. The molecule has 0 saturated carbocycles. The third-order valence-electron chi connectivity index (χ3n) is 3.94. The van der Waals surface area contributed by atoms with Crippen molar-refractivity contribution in [3.05, 3.63) is 65.7 Å². The number of rotatable bonds is 4. The number of nitrogens with one attached hydrogen (secondary N) is 2. The average Bonchev–Trinajstić information content (AvgIpc) is 3.11. The van der Waals surface area contributed by atoms with Gasteiger partial charge in [0.1, 0.15) is 0 Å². The second kappa shape index (κ2) is 6.72. The van der Waals surface area contributed by atoms with E-state index >= 15 is 0 Å². The van der Waals surface area contributed by atoms with Crippen molar-refractivity contribution in [2.75, 3.05) is 17.4 Å². The van der Waals surface area contributed by atoms with Crippen molar-refractivity contribution in [2.24, 2.45) is 0 Å². The molecule has 2 heterocycles. The summed E-state index contributed by atoms with van der Waals surface area (Å²) in [4.78, 5) is 12.3. The largest absolute Gasteiger partial charge is 0.454 e. The lowest BCUT2D eigenvalue weighted by atomic mass is 10.1. The molecule has 1 aliphatic rings. The highest BCUT2D eigenvalue weighted by atomic mass is 16.7. The molecule has 4 rings (SSSR count). The lowest BCUT2D eigenvalue weighted by Gasteiger charge is -2.08. The van der Waals surface area contributed by atoms with Crippen molar-refractivity contribution in [1.29, 1.82) is 0 Å². The number of carbonyl (C=O) groups excluding carboxylic acids is 1. The Kier molecular flexibility index (Phi) is 4.10. The summed E-state index contributed by atoms with van der Waals surface area (Å²) in [5, 5.41) is 14.0. The van der Waals surface area contributed by atoms with Gasteiger partial charge in [-0.25, -0.2) is 0 Å². The van der Waals surface area contributed by atoms with Gasteiger partial charge in [0, 0.05) is 17.3 Å². The second-order valence-corrected chi connectivity index (χ2v) is 5.77. The molecule has 26 heavy (non-hydrogen) atoms. The summed E-state index contributed by atoms with van der Waals surface area (Å²) in [5.74, 6) is 2.13. The maximum Gasteiger partial charge on any atom is 0.257 e. The normalized spacial score (nSPS) is 11.9. The maximum absolute atomic E-state index is 12.3. The first-order chi connectivity index (χ1) is 12.7. The number of anilines is 3. The first-order valence-electron chi connectivity index (χ1n) is 8.06. The Bertz CT molecular complexity index is 957. The highest BCUT2D eigenvalue weighted by molar-refractivity contribution is 6.04. The van der Waals surface area contributed by atoms with Crippen molar-refractivity contribution in [2.45, 2.75) is 6.92 Å². The van der Waals surface area contributed by atoms with E-state index in [1.807, 2.05) is 43.3 Å². The molecule has 2 aromatic carbocycles. The van der Waals surface area contributed by atoms with Gasteiger partial charge in [-0.05, 0) is 42.8 Å². The number of aryl methyl sites for hydroxylation is 1. The van der Waals surface area contributed by atoms with Gasteiger partial charge in [0.25, 0.3) is 5.91 Å². The predicted octanol–water partition coefficient (Wildman–Crippen LogP) is 3.51. The summed E-state index contributed by atoms with van der Waals surface area (Å²) in [7, 11) is 0. The number of nitrogens with zero attached hydrogens (tertiary/aromatic N) is 2. The minimum atomic E-state index is -0.214. The molecule has 2 N–H and O–H groups in total. The van der Waals surface area contributed by atoms with Crippen molar-refractivity contribution in [3.63, 3.8) is 0 Å². The van der Waals surface area contributed by atoms with Gasteiger partial charge < -0.3 is 20.1 Å². The number of hydrogen-bond acceptors (Lipinski definition) is 6. The SMILES string of the molecule is Cc1ccccc1C(=O)Nc1ccc(Nc2ccc3c(c2)OCO3)nn1. The number of ether oxygens (including phenoxy) is 2. The van der Waals surface area contributed by atoms with E-state index in [9.17, 15) is 4.79 Å². The molecule has 0 aliphatic carbocycles. The minimum Gasteiger partial charge on any atom is -0.454 e. The fourth-order valence-electron chi connectivity index (χ4n) is 2.60. The van der Waals surface area contributed by atoms with Gasteiger partial charge in [0.05, 0.1) is 0 Å². The zero-order chi connectivity index (χ0) is 17.9. The Balaban J connectivity index is 1.44. The van der Waals surface area contributed by atoms with E-state index in [0.717, 1.165) is 17.0 Å². The van der Waals surface area contributed by atoms with Crippen LogP contribution in [0.3, 0.4) is 0 Å². The van der Waals surface area contributed by atoms with E-state index in [0.29, 0.717) is 22.9 Å². The van der Waals surface area contributed by atoms with Gasteiger partial charge in [-0.3, -0.25) is 4.79 Å².